The van der Waals surface area contributed by atoms with Crippen LogP contribution in [0.2, 0.25) is 0 Å². The van der Waals surface area contributed by atoms with Gasteiger partial charge in [-0.15, -0.1) is 24.0 Å². The Morgan fingerprint density at radius 2 is 1.96 bits per heavy atom. The molecule has 3 N–H and O–H groups in total. The lowest BCUT2D eigenvalue weighted by molar-refractivity contribution is 0.569. The first-order valence-electron chi connectivity index (χ1n) is 9.60. The number of rotatable bonds is 9. The van der Waals surface area contributed by atoms with Gasteiger partial charge in [-0.25, -0.2) is 18.1 Å². The summed E-state index contributed by atoms with van der Waals surface area (Å²) >= 11 is 2.01. The fourth-order valence-corrected chi connectivity index (χ4v) is 5.67. The lowest BCUT2D eigenvalue weighted by Crippen LogP contribution is -2.40. The van der Waals surface area contributed by atoms with Gasteiger partial charge in [0.15, 0.2) is 5.96 Å². The number of hydrogen-bond donors (Lipinski definition) is 3. The van der Waals surface area contributed by atoms with Crippen LogP contribution >= 0.6 is 35.7 Å². The molecule has 2 rings (SSSR count). The second kappa shape index (κ2) is 12.9. The molecular weight excluding hydrogens is 507 g/mol. The smallest absolute Gasteiger partial charge is 0.216 e. The van der Waals surface area contributed by atoms with E-state index in [0.29, 0.717) is 11.8 Å². The van der Waals surface area contributed by atoms with Crippen molar-refractivity contribution in [3.05, 3.63) is 35.4 Å². The van der Waals surface area contributed by atoms with Crippen LogP contribution in [0.25, 0.3) is 0 Å². The Bertz CT molecular complexity index is 720. The summed E-state index contributed by atoms with van der Waals surface area (Å²) in [4.78, 5) is 4.67. The van der Waals surface area contributed by atoms with Gasteiger partial charge < -0.3 is 10.6 Å². The van der Waals surface area contributed by atoms with Crippen molar-refractivity contribution in [2.45, 2.75) is 57.2 Å². The third-order valence-corrected chi connectivity index (χ3v) is 7.07. The van der Waals surface area contributed by atoms with Crippen LogP contribution < -0.4 is 15.4 Å². The Balaban J connectivity index is 0.00000392. The van der Waals surface area contributed by atoms with Gasteiger partial charge in [-0.3, -0.25) is 0 Å². The van der Waals surface area contributed by atoms with E-state index in [9.17, 15) is 8.42 Å². The summed E-state index contributed by atoms with van der Waals surface area (Å²) in [6.45, 7) is 7.83. The first-order chi connectivity index (χ1) is 12.9. The van der Waals surface area contributed by atoms with E-state index in [0.717, 1.165) is 30.2 Å². The third kappa shape index (κ3) is 9.32. The van der Waals surface area contributed by atoms with Gasteiger partial charge in [-0.2, -0.15) is 11.8 Å². The largest absolute Gasteiger partial charge is 0.357 e. The Kier molecular flexibility index (Phi) is 11.8. The topological polar surface area (TPSA) is 82.6 Å². The Morgan fingerprint density at radius 3 is 2.57 bits per heavy atom. The van der Waals surface area contributed by atoms with Gasteiger partial charge in [0.1, 0.15) is 0 Å². The monoisotopic (exact) mass is 540 g/mol. The molecule has 0 bridgehead atoms. The highest BCUT2D eigenvalue weighted by Crippen LogP contribution is 2.25. The van der Waals surface area contributed by atoms with Crippen LogP contribution in [0, 0.1) is 0 Å². The highest BCUT2D eigenvalue weighted by Gasteiger charge is 2.17. The summed E-state index contributed by atoms with van der Waals surface area (Å²) in [5, 5.41) is 7.33. The molecule has 1 aromatic rings. The van der Waals surface area contributed by atoms with E-state index >= 15 is 0 Å². The molecule has 1 atom stereocenters. The summed E-state index contributed by atoms with van der Waals surface area (Å²) in [5.41, 5.74) is 1.72. The number of nitrogens with zero attached hydrogens (tertiary/aromatic N) is 1. The fourth-order valence-electron chi connectivity index (χ4n) is 2.98. The molecule has 1 aliphatic rings. The predicted molar refractivity (Wildman–Crippen MR) is 131 cm³/mol. The molecule has 1 aliphatic heterocycles. The van der Waals surface area contributed by atoms with E-state index in [1.54, 1.807) is 0 Å². The van der Waals surface area contributed by atoms with Crippen LogP contribution in [0.3, 0.4) is 0 Å². The van der Waals surface area contributed by atoms with Crippen molar-refractivity contribution in [1.82, 2.24) is 15.4 Å². The van der Waals surface area contributed by atoms with Crippen molar-refractivity contribution in [3.8, 4) is 0 Å². The molecule has 0 aromatic heterocycles. The van der Waals surface area contributed by atoms with Gasteiger partial charge in [0.25, 0.3) is 0 Å². The Labute approximate surface area is 191 Å². The standard InChI is InChI=1S/C19H32N4O2S2.HI/c1-4-20-19(22-13-18-10-7-11-26-18)21-12-16-8-5-6-9-17(16)14-27(24,25)23-15(2)3;/h5-6,8-9,15,18,23H,4,7,10-14H2,1-3H3,(H2,20,21,22);1H. The van der Waals surface area contributed by atoms with Crippen molar-refractivity contribution in [2.75, 3.05) is 18.8 Å². The molecule has 1 saturated heterocycles. The van der Waals surface area contributed by atoms with E-state index in [1.807, 2.05) is 56.8 Å². The maximum absolute atomic E-state index is 12.3. The molecule has 0 radical (unpaired) electrons. The normalized spacial score (nSPS) is 17.4. The van der Waals surface area contributed by atoms with Gasteiger partial charge in [0, 0.05) is 24.4 Å². The van der Waals surface area contributed by atoms with Crippen LogP contribution in [0.5, 0.6) is 0 Å². The number of nitrogens with one attached hydrogen (secondary N) is 3. The third-order valence-electron chi connectivity index (χ3n) is 4.15. The van der Waals surface area contributed by atoms with Gasteiger partial charge >= 0.3 is 0 Å². The molecule has 1 fully saturated rings. The summed E-state index contributed by atoms with van der Waals surface area (Å²) in [6.07, 6.45) is 2.54. The van der Waals surface area contributed by atoms with Crippen molar-refractivity contribution in [2.24, 2.45) is 4.99 Å². The molecule has 0 spiro atoms. The summed E-state index contributed by atoms with van der Waals surface area (Å²) < 4.78 is 27.2. The number of guanidine groups is 1. The summed E-state index contributed by atoms with van der Waals surface area (Å²) in [5.74, 6) is 1.99. The SMILES string of the molecule is CCNC(=NCc1ccccc1CS(=O)(=O)NC(C)C)NCC1CCCS1.I. The highest BCUT2D eigenvalue weighted by molar-refractivity contribution is 14.0. The first kappa shape index (κ1) is 25.5. The zero-order valence-electron chi connectivity index (χ0n) is 16.9. The maximum atomic E-state index is 12.3. The lowest BCUT2D eigenvalue weighted by atomic mass is 10.1. The molecule has 6 nitrogen and oxygen atoms in total. The molecule has 0 saturated carbocycles. The van der Waals surface area contributed by atoms with Gasteiger partial charge in [0.05, 0.1) is 12.3 Å². The molecule has 9 heteroatoms. The molecule has 1 aromatic carbocycles. The predicted octanol–water partition coefficient (Wildman–Crippen LogP) is 3.08. The molecule has 28 heavy (non-hydrogen) atoms. The lowest BCUT2D eigenvalue weighted by Gasteiger charge is -2.15. The van der Waals surface area contributed by atoms with Crippen molar-refractivity contribution in [1.29, 1.82) is 0 Å². The number of aliphatic imine (C=N–C) groups is 1. The maximum Gasteiger partial charge on any atom is 0.216 e. The second-order valence-electron chi connectivity index (χ2n) is 7.01. The van der Waals surface area contributed by atoms with E-state index in [2.05, 4.69) is 20.3 Å². The quantitative estimate of drug-likeness (QED) is 0.255. The zero-order chi connectivity index (χ0) is 19.7. The minimum Gasteiger partial charge on any atom is -0.357 e. The molecule has 0 aliphatic carbocycles. The summed E-state index contributed by atoms with van der Waals surface area (Å²) in [7, 11) is -3.36. The van der Waals surface area contributed by atoms with E-state index in [-0.39, 0.29) is 35.8 Å². The van der Waals surface area contributed by atoms with Crippen LogP contribution in [0.15, 0.2) is 29.3 Å². The molecule has 1 unspecified atom stereocenters. The average Bonchev–Trinajstić information content (AvgIpc) is 3.10. The molecular formula is C19H33IN4O2S2. The fraction of sp³-hybridized carbons (Fsp3) is 0.632. The zero-order valence-corrected chi connectivity index (χ0v) is 20.9. The minimum absolute atomic E-state index is 0. The van der Waals surface area contributed by atoms with Crippen LogP contribution in [0.4, 0.5) is 0 Å². The molecule has 0 amide bonds. The number of hydrogen-bond acceptors (Lipinski definition) is 4. The number of halogens is 1. The van der Waals surface area contributed by atoms with E-state index in [1.165, 1.54) is 18.6 Å². The Morgan fingerprint density at radius 1 is 1.25 bits per heavy atom. The molecule has 160 valence electrons. The Hall–Kier alpha value is -0.520. The number of benzene rings is 1. The number of thioether (sulfide) groups is 1. The number of sulfonamides is 1. The summed E-state index contributed by atoms with van der Waals surface area (Å²) in [6, 6.07) is 7.49. The highest BCUT2D eigenvalue weighted by atomic mass is 127. The van der Waals surface area contributed by atoms with Gasteiger partial charge in [0.2, 0.25) is 10.0 Å². The van der Waals surface area contributed by atoms with E-state index in [4.69, 9.17) is 0 Å². The minimum atomic E-state index is -3.36. The van der Waals surface area contributed by atoms with Gasteiger partial charge in [-0.05, 0) is 50.5 Å². The average molecular weight is 541 g/mol. The second-order valence-corrected chi connectivity index (χ2v) is 10.2. The van der Waals surface area contributed by atoms with Crippen molar-refractivity contribution < 1.29 is 8.42 Å². The van der Waals surface area contributed by atoms with Crippen LogP contribution in [-0.2, 0) is 22.3 Å². The van der Waals surface area contributed by atoms with Gasteiger partial charge in [-0.1, -0.05) is 24.3 Å². The van der Waals surface area contributed by atoms with Crippen LogP contribution in [-0.4, -0.2) is 44.5 Å². The van der Waals surface area contributed by atoms with Crippen molar-refractivity contribution >= 4 is 51.7 Å². The van der Waals surface area contributed by atoms with Crippen LogP contribution in [0.1, 0.15) is 44.7 Å². The van der Waals surface area contributed by atoms with E-state index < -0.39 is 10.0 Å². The molecule has 1 heterocycles. The first-order valence-corrected chi connectivity index (χ1v) is 12.3. The van der Waals surface area contributed by atoms with Crippen molar-refractivity contribution in [3.63, 3.8) is 0 Å².